The minimum absolute atomic E-state index is 0.0249. The molecular weight excluding hydrogens is 212 g/mol. The van der Waals surface area contributed by atoms with Gasteiger partial charge in [-0.05, 0) is 44.4 Å². The van der Waals surface area contributed by atoms with E-state index in [0.717, 1.165) is 19.3 Å². The minimum Gasteiger partial charge on any atom is -0.335 e. The number of urea groups is 1. The van der Waals surface area contributed by atoms with Crippen LogP contribution in [0.3, 0.4) is 0 Å². The van der Waals surface area contributed by atoms with Crippen molar-refractivity contribution in [3.8, 4) is 0 Å². The lowest BCUT2D eigenvalue weighted by Crippen LogP contribution is -2.44. The zero-order chi connectivity index (χ0) is 12.1. The molecule has 3 nitrogen and oxygen atoms in total. The van der Waals surface area contributed by atoms with Crippen molar-refractivity contribution in [2.24, 2.45) is 5.92 Å². The van der Waals surface area contributed by atoms with Crippen LogP contribution in [0.5, 0.6) is 0 Å². The normalized spacial score (nSPS) is 28.9. The Labute approximate surface area is 104 Å². The van der Waals surface area contributed by atoms with Crippen molar-refractivity contribution in [1.29, 1.82) is 0 Å². The van der Waals surface area contributed by atoms with Crippen molar-refractivity contribution in [2.45, 2.75) is 64.3 Å². The van der Waals surface area contributed by atoms with Gasteiger partial charge in [0.05, 0.1) is 0 Å². The molecule has 2 saturated carbocycles. The average molecular weight is 236 g/mol. The molecule has 2 rings (SSSR count). The second kappa shape index (κ2) is 6.08. The van der Waals surface area contributed by atoms with Gasteiger partial charge in [0, 0.05) is 12.2 Å². The molecule has 2 aliphatic rings. The van der Waals surface area contributed by atoms with Gasteiger partial charge in [0.2, 0.25) is 0 Å². The van der Waals surface area contributed by atoms with E-state index >= 15 is 0 Å². The summed E-state index contributed by atoms with van der Waals surface area (Å²) in [6, 6.07) is 0.342. The van der Waals surface area contributed by atoms with E-state index in [1.807, 2.05) is 6.20 Å². The third kappa shape index (κ3) is 3.76. The van der Waals surface area contributed by atoms with Crippen LogP contribution in [0.4, 0.5) is 4.79 Å². The van der Waals surface area contributed by atoms with Gasteiger partial charge in [-0.3, -0.25) is 0 Å². The number of allylic oxidation sites excluding steroid dienone is 1. The number of amides is 2. The molecule has 2 N–H and O–H groups in total. The Bertz CT molecular complexity index is 291. The largest absolute Gasteiger partial charge is 0.335 e. The molecule has 0 radical (unpaired) electrons. The summed E-state index contributed by atoms with van der Waals surface area (Å²) in [6.45, 7) is 2.24. The number of hydrogen-bond acceptors (Lipinski definition) is 1. The maximum atomic E-state index is 11.7. The number of nitrogens with one attached hydrogen (secondary N) is 2. The minimum atomic E-state index is -0.0249. The lowest BCUT2D eigenvalue weighted by Gasteiger charge is -2.29. The fourth-order valence-corrected chi connectivity index (χ4v) is 2.88. The fourth-order valence-electron chi connectivity index (χ4n) is 2.88. The van der Waals surface area contributed by atoms with Crippen LogP contribution in [0.25, 0.3) is 0 Å². The summed E-state index contributed by atoms with van der Waals surface area (Å²) in [5.74, 6) is 0.619. The van der Waals surface area contributed by atoms with Gasteiger partial charge in [0.1, 0.15) is 0 Å². The molecule has 2 atom stereocenters. The van der Waals surface area contributed by atoms with Crippen LogP contribution in [0, 0.1) is 5.92 Å². The highest BCUT2D eigenvalue weighted by Gasteiger charge is 2.22. The first kappa shape index (κ1) is 12.5. The monoisotopic (exact) mass is 236 g/mol. The van der Waals surface area contributed by atoms with Crippen LogP contribution >= 0.6 is 0 Å². The van der Waals surface area contributed by atoms with Crippen LogP contribution in [0.15, 0.2) is 11.8 Å². The van der Waals surface area contributed by atoms with E-state index in [4.69, 9.17) is 0 Å². The number of carbonyl (C=O) groups is 1. The highest BCUT2D eigenvalue weighted by Crippen LogP contribution is 2.24. The maximum absolute atomic E-state index is 11.7. The predicted octanol–water partition coefficient (Wildman–Crippen LogP) is 3.32. The summed E-state index contributed by atoms with van der Waals surface area (Å²) < 4.78 is 0. The first-order chi connectivity index (χ1) is 8.25. The zero-order valence-corrected chi connectivity index (χ0v) is 10.8. The van der Waals surface area contributed by atoms with Gasteiger partial charge in [-0.2, -0.15) is 0 Å². The smallest absolute Gasteiger partial charge is 0.318 e. The van der Waals surface area contributed by atoms with E-state index in [-0.39, 0.29) is 6.03 Å². The Morgan fingerprint density at radius 1 is 1.18 bits per heavy atom. The standard InChI is InChI=1S/C14H24N2O/c1-11-6-2-5-9-13(11)16-14(17)15-10-12-7-3-4-8-12/h10-11,13H,2-9H2,1H3,(H2,15,16,17). The van der Waals surface area contributed by atoms with Crippen LogP contribution < -0.4 is 10.6 Å². The number of rotatable bonds is 2. The third-order valence-corrected chi connectivity index (χ3v) is 4.08. The van der Waals surface area contributed by atoms with Crippen LogP contribution in [0.2, 0.25) is 0 Å². The molecule has 0 aliphatic heterocycles. The molecule has 0 saturated heterocycles. The molecule has 0 spiro atoms. The van der Waals surface area contributed by atoms with Crippen molar-refractivity contribution in [3.63, 3.8) is 0 Å². The number of carbonyl (C=O) groups excluding carboxylic acids is 1. The SMILES string of the molecule is CC1CCCCC1NC(=O)NC=C1CCCC1. The zero-order valence-electron chi connectivity index (χ0n) is 10.8. The van der Waals surface area contributed by atoms with Gasteiger partial charge in [-0.15, -0.1) is 0 Å². The summed E-state index contributed by atoms with van der Waals surface area (Å²) in [5, 5.41) is 5.98. The Balaban J connectivity index is 1.74. The van der Waals surface area contributed by atoms with E-state index in [1.54, 1.807) is 0 Å². The van der Waals surface area contributed by atoms with Gasteiger partial charge in [0.15, 0.2) is 0 Å². The maximum Gasteiger partial charge on any atom is 0.318 e. The Morgan fingerprint density at radius 2 is 1.88 bits per heavy atom. The van der Waals surface area contributed by atoms with E-state index in [2.05, 4.69) is 17.6 Å². The summed E-state index contributed by atoms with van der Waals surface area (Å²) in [4.78, 5) is 11.7. The van der Waals surface area contributed by atoms with Gasteiger partial charge in [0.25, 0.3) is 0 Å². The quantitative estimate of drug-likeness (QED) is 0.758. The van der Waals surface area contributed by atoms with Gasteiger partial charge in [-0.1, -0.05) is 25.3 Å². The Morgan fingerprint density at radius 3 is 2.59 bits per heavy atom. The van der Waals surface area contributed by atoms with Crippen molar-refractivity contribution < 1.29 is 4.79 Å². The summed E-state index contributed by atoms with van der Waals surface area (Å²) in [6.07, 6.45) is 11.7. The molecule has 3 heteroatoms. The Hall–Kier alpha value is -0.990. The van der Waals surface area contributed by atoms with Crippen LogP contribution in [0.1, 0.15) is 58.3 Å². The molecule has 2 amide bonds. The molecule has 0 aromatic carbocycles. The highest BCUT2D eigenvalue weighted by molar-refractivity contribution is 5.75. The molecule has 0 aromatic heterocycles. The van der Waals surface area contributed by atoms with E-state index < -0.39 is 0 Å². The predicted molar refractivity (Wildman–Crippen MR) is 69.6 cm³/mol. The highest BCUT2D eigenvalue weighted by atomic mass is 16.2. The van der Waals surface area contributed by atoms with Gasteiger partial charge < -0.3 is 10.6 Å². The van der Waals surface area contributed by atoms with Crippen molar-refractivity contribution in [2.75, 3.05) is 0 Å². The molecule has 2 aliphatic carbocycles. The molecule has 0 aromatic rings. The lowest BCUT2D eigenvalue weighted by molar-refractivity contribution is 0.225. The fraction of sp³-hybridized carbons (Fsp3) is 0.786. The molecule has 96 valence electrons. The van der Waals surface area contributed by atoms with E-state index in [9.17, 15) is 4.79 Å². The van der Waals surface area contributed by atoms with Crippen molar-refractivity contribution in [3.05, 3.63) is 11.8 Å². The summed E-state index contributed by atoms with van der Waals surface area (Å²) in [5.41, 5.74) is 1.39. The van der Waals surface area contributed by atoms with Crippen LogP contribution in [-0.4, -0.2) is 12.1 Å². The number of hydrogen-bond donors (Lipinski definition) is 2. The van der Waals surface area contributed by atoms with Crippen molar-refractivity contribution in [1.82, 2.24) is 10.6 Å². The first-order valence-electron chi connectivity index (χ1n) is 7.00. The Kier molecular flexibility index (Phi) is 4.46. The average Bonchev–Trinajstić information content (AvgIpc) is 2.82. The topological polar surface area (TPSA) is 41.1 Å². The second-order valence-corrected chi connectivity index (χ2v) is 5.50. The third-order valence-electron chi connectivity index (χ3n) is 4.08. The molecule has 0 heterocycles. The molecule has 2 unspecified atom stereocenters. The van der Waals surface area contributed by atoms with Gasteiger partial charge in [-0.25, -0.2) is 4.79 Å². The van der Waals surface area contributed by atoms with E-state index in [1.165, 1.54) is 37.7 Å². The second-order valence-electron chi connectivity index (χ2n) is 5.50. The summed E-state index contributed by atoms with van der Waals surface area (Å²) in [7, 11) is 0. The molecular formula is C14H24N2O. The molecule has 0 bridgehead atoms. The van der Waals surface area contributed by atoms with Gasteiger partial charge >= 0.3 is 6.03 Å². The van der Waals surface area contributed by atoms with E-state index in [0.29, 0.717) is 12.0 Å². The first-order valence-corrected chi connectivity index (χ1v) is 7.00. The van der Waals surface area contributed by atoms with Crippen molar-refractivity contribution >= 4 is 6.03 Å². The molecule has 2 fully saturated rings. The lowest BCUT2D eigenvalue weighted by atomic mass is 9.86. The summed E-state index contributed by atoms with van der Waals surface area (Å²) >= 11 is 0. The van der Waals surface area contributed by atoms with Crippen LogP contribution in [-0.2, 0) is 0 Å². The molecule has 17 heavy (non-hydrogen) atoms.